The van der Waals surface area contributed by atoms with Gasteiger partial charge in [0.15, 0.2) is 18.3 Å². The number of esters is 4. The quantitative estimate of drug-likeness (QED) is 0.448. The Balaban J connectivity index is 2.43. The largest absolute Gasteiger partial charge is 0.463 e. The van der Waals surface area contributed by atoms with Crippen LogP contribution in [0.4, 0.5) is 0 Å². The van der Waals surface area contributed by atoms with E-state index in [2.05, 4.69) is 0 Å². The van der Waals surface area contributed by atoms with Gasteiger partial charge in [-0.25, -0.2) is 0 Å². The lowest BCUT2D eigenvalue weighted by molar-refractivity contribution is -0.237. The van der Waals surface area contributed by atoms with Crippen LogP contribution in [0.2, 0.25) is 0 Å². The molecule has 0 unspecified atom stereocenters. The van der Waals surface area contributed by atoms with Crippen LogP contribution in [-0.2, 0) is 42.9 Å². The molecule has 1 aromatic rings. The predicted molar refractivity (Wildman–Crippen MR) is 109 cm³/mol. The van der Waals surface area contributed by atoms with E-state index in [4.69, 9.17) is 23.7 Å². The topological polar surface area (TPSA) is 114 Å². The number of hydrogen-bond donors (Lipinski definition) is 0. The lowest BCUT2D eigenvalue weighted by Crippen LogP contribution is -2.61. The summed E-state index contributed by atoms with van der Waals surface area (Å²) in [5.41, 5.74) is 0.231. The maximum Gasteiger partial charge on any atom is 0.303 e. The third-order valence-electron chi connectivity index (χ3n) is 4.22. The highest BCUT2D eigenvalue weighted by Crippen LogP contribution is 2.37. The molecule has 0 spiro atoms. The van der Waals surface area contributed by atoms with Crippen LogP contribution >= 0.6 is 11.8 Å². The summed E-state index contributed by atoms with van der Waals surface area (Å²) < 4.78 is 27.3. The van der Waals surface area contributed by atoms with Crippen molar-refractivity contribution < 1.29 is 42.9 Å². The van der Waals surface area contributed by atoms with Gasteiger partial charge in [0, 0.05) is 32.6 Å². The van der Waals surface area contributed by atoms with Crippen molar-refractivity contribution in [1.82, 2.24) is 0 Å². The molecule has 1 saturated heterocycles. The van der Waals surface area contributed by atoms with Crippen LogP contribution in [0, 0.1) is 6.92 Å². The number of rotatable bonds is 7. The van der Waals surface area contributed by atoms with Gasteiger partial charge in [-0.05, 0) is 19.1 Å². The van der Waals surface area contributed by atoms with Crippen molar-refractivity contribution in [1.29, 1.82) is 0 Å². The molecule has 0 saturated carbocycles. The van der Waals surface area contributed by atoms with Crippen molar-refractivity contribution in [2.75, 3.05) is 6.61 Å². The summed E-state index contributed by atoms with van der Waals surface area (Å²) in [7, 11) is 0. The first kappa shape index (κ1) is 24.7. The molecule has 2 rings (SSSR count). The zero-order valence-corrected chi connectivity index (χ0v) is 18.8. The number of carbonyl (C=O) groups excluding carboxylic acids is 4. The van der Waals surface area contributed by atoms with Gasteiger partial charge in [0.05, 0.1) is 0 Å². The van der Waals surface area contributed by atoms with E-state index in [0.717, 1.165) is 10.5 Å². The Morgan fingerprint density at radius 2 is 1.32 bits per heavy atom. The molecule has 0 radical (unpaired) electrons. The first-order valence-electron chi connectivity index (χ1n) is 9.60. The number of carbonyl (C=O) groups is 4. The monoisotopic (exact) mass is 454 g/mol. The van der Waals surface area contributed by atoms with Gasteiger partial charge < -0.3 is 23.7 Å². The highest BCUT2D eigenvalue weighted by Gasteiger charge is 2.52. The van der Waals surface area contributed by atoms with E-state index in [0.29, 0.717) is 0 Å². The predicted octanol–water partition coefficient (Wildman–Crippen LogP) is 2.17. The molecule has 10 heteroatoms. The average Bonchev–Trinajstić information content (AvgIpc) is 2.65. The van der Waals surface area contributed by atoms with Crippen molar-refractivity contribution in [3.8, 4) is 0 Å². The Morgan fingerprint density at radius 1 is 0.806 bits per heavy atom. The van der Waals surface area contributed by atoms with Crippen LogP contribution in [0.1, 0.15) is 33.3 Å². The molecule has 1 aliphatic heterocycles. The maximum atomic E-state index is 11.8. The lowest BCUT2D eigenvalue weighted by Gasteiger charge is -2.44. The van der Waals surface area contributed by atoms with Gasteiger partial charge >= 0.3 is 23.9 Å². The minimum absolute atomic E-state index is 0.247. The van der Waals surface area contributed by atoms with E-state index in [1.807, 2.05) is 31.2 Å². The van der Waals surface area contributed by atoms with Crippen LogP contribution in [-0.4, -0.2) is 60.3 Å². The number of benzene rings is 1. The van der Waals surface area contributed by atoms with Gasteiger partial charge in [0.25, 0.3) is 0 Å². The highest BCUT2D eigenvalue weighted by molar-refractivity contribution is 7.99. The third-order valence-corrected chi connectivity index (χ3v) is 5.38. The van der Waals surface area contributed by atoms with Crippen molar-refractivity contribution >= 4 is 35.6 Å². The van der Waals surface area contributed by atoms with E-state index in [9.17, 15) is 19.2 Å². The molecule has 0 amide bonds. The average molecular weight is 454 g/mol. The molecule has 0 aliphatic carbocycles. The molecule has 0 N–H and O–H groups in total. The fourth-order valence-electron chi connectivity index (χ4n) is 3.03. The molecular weight excluding hydrogens is 428 g/mol. The minimum atomic E-state index is -1.16. The van der Waals surface area contributed by atoms with Crippen molar-refractivity contribution in [3.05, 3.63) is 29.8 Å². The second kappa shape index (κ2) is 11.1. The van der Waals surface area contributed by atoms with Gasteiger partial charge in [0.1, 0.15) is 18.1 Å². The van der Waals surface area contributed by atoms with Crippen LogP contribution in [0.15, 0.2) is 29.2 Å². The first-order valence-corrected chi connectivity index (χ1v) is 10.5. The van der Waals surface area contributed by atoms with E-state index in [1.54, 1.807) is 0 Å². The summed E-state index contributed by atoms with van der Waals surface area (Å²) in [6, 6.07) is 7.56. The molecular formula is C21H26O9S. The molecule has 170 valence electrons. The summed E-state index contributed by atoms with van der Waals surface area (Å²) in [5.74, 6) is -2.50. The Hall–Kier alpha value is -2.59. The molecule has 0 aromatic heterocycles. The second-order valence-electron chi connectivity index (χ2n) is 7.00. The summed E-state index contributed by atoms with van der Waals surface area (Å²) in [6.07, 6.45) is -4.35. The first-order chi connectivity index (χ1) is 14.6. The normalized spacial score (nSPS) is 25.3. The summed E-state index contributed by atoms with van der Waals surface area (Å²) in [4.78, 5) is 47.5. The number of ether oxygens (including phenoxy) is 5. The highest BCUT2D eigenvalue weighted by atomic mass is 32.2. The standard InChI is InChI=1S/C21H26O9S/c1-11-6-8-16(9-7-11)31-21-20(29-15(5)25)19(28-14(4)24)18(27-13(3)23)17(30-21)10-26-12(2)22/h6-9,17-21H,10H2,1-5H3/t17-,18+,19+,20+,21-/m1/s1. The van der Waals surface area contributed by atoms with Crippen molar-refractivity contribution in [3.63, 3.8) is 0 Å². The second-order valence-corrected chi connectivity index (χ2v) is 8.17. The van der Waals surface area contributed by atoms with Gasteiger partial charge in [-0.2, -0.15) is 0 Å². The van der Waals surface area contributed by atoms with Gasteiger partial charge in [-0.3, -0.25) is 19.2 Å². The molecule has 1 fully saturated rings. The van der Waals surface area contributed by atoms with E-state index < -0.39 is 53.7 Å². The fourth-order valence-corrected chi connectivity index (χ4v) is 4.14. The number of thioether (sulfide) groups is 1. The number of hydrogen-bond acceptors (Lipinski definition) is 10. The molecule has 1 aromatic carbocycles. The Kier molecular flexibility index (Phi) is 8.88. The Morgan fingerprint density at radius 3 is 1.84 bits per heavy atom. The van der Waals surface area contributed by atoms with E-state index >= 15 is 0 Å². The minimum Gasteiger partial charge on any atom is -0.463 e. The van der Waals surface area contributed by atoms with Gasteiger partial charge in [-0.1, -0.05) is 29.5 Å². The summed E-state index contributed by atoms with van der Waals surface area (Å²) in [6.45, 7) is 6.51. The lowest BCUT2D eigenvalue weighted by atomic mass is 9.99. The van der Waals surface area contributed by atoms with Crippen LogP contribution < -0.4 is 0 Å². The Bertz CT molecular complexity index is 808. The van der Waals surface area contributed by atoms with Gasteiger partial charge in [0.2, 0.25) is 0 Å². The summed E-state index contributed by atoms with van der Waals surface area (Å²) >= 11 is 1.24. The van der Waals surface area contributed by atoms with Crippen LogP contribution in [0.3, 0.4) is 0 Å². The smallest absolute Gasteiger partial charge is 0.303 e. The maximum absolute atomic E-state index is 11.8. The molecule has 31 heavy (non-hydrogen) atoms. The Labute approximate surface area is 184 Å². The molecule has 0 bridgehead atoms. The number of aryl methyl sites for hydroxylation is 1. The van der Waals surface area contributed by atoms with E-state index in [-0.39, 0.29) is 6.61 Å². The van der Waals surface area contributed by atoms with Crippen molar-refractivity contribution in [2.45, 2.75) is 69.4 Å². The van der Waals surface area contributed by atoms with Crippen LogP contribution in [0.25, 0.3) is 0 Å². The van der Waals surface area contributed by atoms with Crippen LogP contribution in [0.5, 0.6) is 0 Å². The van der Waals surface area contributed by atoms with Crippen molar-refractivity contribution in [2.24, 2.45) is 0 Å². The SMILES string of the molecule is CC(=O)OC[C@H]1O[C@H](Sc2ccc(C)cc2)[C@@H](OC(C)=O)[C@@H](OC(C)=O)[C@H]1OC(C)=O. The molecule has 5 atom stereocenters. The zero-order chi connectivity index (χ0) is 23.1. The third kappa shape index (κ3) is 7.55. The van der Waals surface area contributed by atoms with E-state index in [1.165, 1.54) is 39.5 Å². The molecule has 1 aliphatic rings. The van der Waals surface area contributed by atoms with Gasteiger partial charge in [-0.15, -0.1) is 0 Å². The fraction of sp³-hybridized carbons (Fsp3) is 0.524. The summed E-state index contributed by atoms with van der Waals surface area (Å²) in [5, 5.41) is 0. The zero-order valence-electron chi connectivity index (χ0n) is 18.0. The molecule has 9 nitrogen and oxygen atoms in total. The molecule has 1 heterocycles.